The molecule has 0 aromatic carbocycles. The number of ether oxygens (including phenoxy) is 3. The van der Waals surface area contributed by atoms with Crippen molar-refractivity contribution in [3.8, 4) is 0 Å². The zero-order chi connectivity index (χ0) is 43.0. The van der Waals surface area contributed by atoms with E-state index in [4.69, 9.17) is 14.2 Å². The molecule has 0 saturated heterocycles. The molecule has 0 saturated carbocycles. The van der Waals surface area contributed by atoms with Crippen molar-refractivity contribution in [3.05, 3.63) is 72.9 Å². The van der Waals surface area contributed by atoms with Crippen molar-refractivity contribution in [2.45, 2.75) is 232 Å². The Morgan fingerprint density at radius 1 is 0.356 bits per heavy atom. The first kappa shape index (κ1) is 55.9. The highest BCUT2D eigenvalue weighted by Crippen LogP contribution is 2.13. The van der Waals surface area contributed by atoms with Gasteiger partial charge in [-0.25, -0.2) is 0 Å². The average Bonchev–Trinajstić information content (AvgIpc) is 3.23. The summed E-state index contributed by atoms with van der Waals surface area (Å²) in [4.78, 5) is 37.8. The summed E-state index contributed by atoms with van der Waals surface area (Å²) in [6.45, 7) is 6.41. The lowest BCUT2D eigenvalue weighted by atomic mass is 10.1. The monoisotopic (exact) mass is 823 g/mol. The van der Waals surface area contributed by atoms with Crippen LogP contribution in [0.1, 0.15) is 226 Å². The minimum Gasteiger partial charge on any atom is -0.462 e. The molecule has 6 nitrogen and oxygen atoms in total. The molecule has 1 atom stereocenters. The Labute approximate surface area is 363 Å². The molecule has 0 aromatic rings. The van der Waals surface area contributed by atoms with Crippen LogP contribution >= 0.6 is 0 Å². The molecular weight excluding hydrogens is 733 g/mol. The molecule has 6 heteroatoms. The zero-order valence-electron chi connectivity index (χ0n) is 38.5. The fraction of sp³-hybridized carbons (Fsp3) is 0.717. The van der Waals surface area contributed by atoms with Gasteiger partial charge in [-0.3, -0.25) is 14.4 Å². The van der Waals surface area contributed by atoms with Gasteiger partial charge in [0.05, 0.1) is 0 Å². The maximum absolute atomic E-state index is 12.8. The highest BCUT2D eigenvalue weighted by atomic mass is 16.6. The first-order chi connectivity index (χ1) is 29.0. The van der Waals surface area contributed by atoms with Gasteiger partial charge in [0.1, 0.15) is 13.2 Å². The summed E-state index contributed by atoms with van der Waals surface area (Å²) in [5, 5.41) is 0. The summed E-state index contributed by atoms with van der Waals surface area (Å²) >= 11 is 0. The molecule has 1 unspecified atom stereocenters. The van der Waals surface area contributed by atoms with Crippen molar-refractivity contribution >= 4 is 17.9 Å². The molecular formula is C53H90O6. The van der Waals surface area contributed by atoms with Crippen molar-refractivity contribution < 1.29 is 28.6 Å². The van der Waals surface area contributed by atoms with E-state index in [1.807, 2.05) is 0 Å². The first-order valence-corrected chi connectivity index (χ1v) is 24.5. The van der Waals surface area contributed by atoms with Crippen LogP contribution in [0.4, 0.5) is 0 Å². The smallest absolute Gasteiger partial charge is 0.306 e. The molecule has 0 aromatic heterocycles. The normalized spacial score (nSPS) is 12.7. The molecule has 0 amide bonds. The number of hydrogen-bond donors (Lipinski definition) is 0. The molecule has 0 radical (unpaired) electrons. The van der Waals surface area contributed by atoms with E-state index in [-0.39, 0.29) is 31.1 Å². The predicted octanol–water partition coefficient (Wildman–Crippen LogP) is 15.9. The van der Waals surface area contributed by atoms with E-state index in [1.165, 1.54) is 83.5 Å². The Hall–Kier alpha value is -3.15. The number of allylic oxidation sites excluding steroid dienone is 12. The van der Waals surface area contributed by atoms with E-state index in [0.29, 0.717) is 19.3 Å². The van der Waals surface area contributed by atoms with Gasteiger partial charge in [-0.05, 0) is 83.5 Å². The van der Waals surface area contributed by atoms with Crippen LogP contribution in [0.25, 0.3) is 0 Å². The zero-order valence-corrected chi connectivity index (χ0v) is 38.5. The molecule has 0 aliphatic heterocycles. The third-order valence-electron chi connectivity index (χ3n) is 10.3. The van der Waals surface area contributed by atoms with Gasteiger partial charge in [0.25, 0.3) is 0 Å². The van der Waals surface area contributed by atoms with Crippen LogP contribution in [0.5, 0.6) is 0 Å². The standard InChI is InChI=1S/C53H90O6/c1-4-7-10-13-16-19-22-24-26-28-29-31-34-37-40-43-46-52(55)58-49-50(48-57-51(54)45-42-39-36-33-21-18-15-12-9-6-3)59-53(56)47-44-41-38-35-32-30-27-25-23-20-17-14-11-8-5-2/h8,11,14-15,17-18,20,23,26,28-29,31,50H,4-7,9-10,12-13,16,19,21-22,24-25,27,30,32-49H2,1-3H3/b11-8-,17-14-,18-15-,23-20-,28-26-,31-29-. The number of carbonyl (C=O) groups is 3. The lowest BCUT2D eigenvalue weighted by molar-refractivity contribution is -0.167. The molecule has 0 aliphatic rings. The fourth-order valence-corrected chi connectivity index (χ4v) is 6.53. The number of hydrogen-bond acceptors (Lipinski definition) is 6. The maximum atomic E-state index is 12.8. The molecule has 0 spiro atoms. The average molecular weight is 823 g/mol. The van der Waals surface area contributed by atoms with Gasteiger partial charge in [0, 0.05) is 19.3 Å². The quantitative estimate of drug-likeness (QED) is 0.0200. The molecule has 0 heterocycles. The predicted molar refractivity (Wildman–Crippen MR) is 251 cm³/mol. The van der Waals surface area contributed by atoms with Gasteiger partial charge >= 0.3 is 17.9 Å². The van der Waals surface area contributed by atoms with E-state index in [2.05, 4.69) is 93.7 Å². The third-order valence-corrected chi connectivity index (χ3v) is 10.3. The second kappa shape index (κ2) is 47.5. The van der Waals surface area contributed by atoms with E-state index in [1.54, 1.807) is 0 Å². The van der Waals surface area contributed by atoms with Crippen LogP contribution in [-0.4, -0.2) is 37.2 Å². The second-order valence-electron chi connectivity index (χ2n) is 16.1. The summed E-state index contributed by atoms with van der Waals surface area (Å²) in [5.41, 5.74) is 0. The number of esters is 3. The maximum Gasteiger partial charge on any atom is 0.306 e. The lowest BCUT2D eigenvalue weighted by Gasteiger charge is -2.18. The van der Waals surface area contributed by atoms with Gasteiger partial charge in [0.2, 0.25) is 0 Å². The van der Waals surface area contributed by atoms with Crippen LogP contribution in [0.3, 0.4) is 0 Å². The molecule has 0 aliphatic carbocycles. The SMILES string of the molecule is CC\C=C/C=C\C=C/CCCCCCCCCC(=O)OC(COC(=O)CCCCC/C=C\C=C/CCCCCCCCC)COC(=O)CCCCCC/C=C\CCCC. The molecule has 338 valence electrons. The third kappa shape index (κ3) is 45.8. The highest BCUT2D eigenvalue weighted by Gasteiger charge is 2.19. The van der Waals surface area contributed by atoms with Crippen molar-refractivity contribution in [2.75, 3.05) is 13.2 Å². The summed E-state index contributed by atoms with van der Waals surface area (Å²) in [7, 11) is 0. The highest BCUT2D eigenvalue weighted by molar-refractivity contribution is 5.71. The second-order valence-corrected chi connectivity index (χ2v) is 16.1. The fourth-order valence-electron chi connectivity index (χ4n) is 6.53. The molecule has 0 bridgehead atoms. The van der Waals surface area contributed by atoms with Gasteiger partial charge < -0.3 is 14.2 Å². The van der Waals surface area contributed by atoms with Crippen molar-refractivity contribution in [1.29, 1.82) is 0 Å². The molecule has 0 fully saturated rings. The summed E-state index contributed by atoms with van der Waals surface area (Å²) < 4.78 is 16.7. The Balaban J connectivity index is 4.44. The Kier molecular flexibility index (Phi) is 45.0. The van der Waals surface area contributed by atoms with E-state index in [9.17, 15) is 14.4 Å². The van der Waals surface area contributed by atoms with Gasteiger partial charge in [-0.2, -0.15) is 0 Å². The van der Waals surface area contributed by atoms with Crippen LogP contribution in [-0.2, 0) is 28.6 Å². The Morgan fingerprint density at radius 3 is 1.15 bits per heavy atom. The van der Waals surface area contributed by atoms with Gasteiger partial charge in [-0.1, -0.05) is 196 Å². The Morgan fingerprint density at radius 2 is 0.695 bits per heavy atom. The van der Waals surface area contributed by atoms with E-state index >= 15 is 0 Å². The lowest BCUT2D eigenvalue weighted by Crippen LogP contribution is -2.30. The van der Waals surface area contributed by atoms with Crippen LogP contribution in [0.15, 0.2) is 72.9 Å². The minimum absolute atomic E-state index is 0.0956. The minimum atomic E-state index is -0.795. The number of carbonyl (C=O) groups excluding carboxylic acids is 3. The van der Waals surface area contributed by atoms with E-state index < -0.39 is 6.10 Å². The number of rotatable bonds is 43. The van der Waals surface area contributed by atoms with Crippen molar-refractivity contribution in [1.82, 2.24) is 0 Å². The topological polar surface area (TPSA) is 78.9 Å². The van der Waals surface area contributed by atoms with Crippen LogP contribution in [0, 0.1) is 0 Å². The summed E-state index contributed by atoms with van der Waals surface area (Å²) in [5.74, 6) is -0.950. The molecule has 0 N–H and O–H groups in total. The molecule has 0 rings (SSSR count). The summed E-state index contributed by atoms with van der Waals surface area (Å²) in [6.07, 6.45) is 58.9. The molecule has 59 heavy (non-hydrogen) atoms. The van der Waals surface area contributed by atoms with Gasteiger partial charge in [-0.15, -0.1) is 0 Å². The van der Waals surface area contributed by atoms with Crippen LogP contribution in [0.2, 0.25) is 0 Å². The van der Waals surface area contributed by atoms with Gasteiger partial charge in [0.15, 0.2) is 6.10 Å². The largest absolute Gasteiger partial charge is 0.462 e. The Bertz CT molecular complexity index is 1130. The van der Waals surface area contributed by atoms with Crippen molar-refractivity contribution in [2.24, 2.45) is 0 Å². The first-order valence-electron chi connectivity index (χ1n) is 24.5. The summed E-state index contributed by atoms with van der Waals surface area (Å²) in [6, 6.07) is 0. The van der Waals surface area contributed by atoms with Crippen LogP contribution < -0.4 is 0 Å². The number of unbranched alkanes of at least 4 members (excludes halogenated alkanes) is 23. The van der Waals surface area contributed by atoms with E-state index in [0.717, 1.165) is 103 Å². The van der Waals surface area contributed by atoms with Crippen molar-refractivity contribution in [3.63, 3.8) is 0 Å².